The molecule has 0 bridgehead atoms. The second kappa shape index (κ2) is 6.20. The van der Waals surface area contributed by atoms with Crippen LogP contribution in [0.1, 0.15) is 11.5 Å². The normalized spacial score (nSPS) is 21.5. The van der Waals surface area contributed by atoms with E-state index in [2.05, 4.69) is 22.7 Å². The lowest BCUT2D eigenvalue weighted by Gasteiger charge is -2.30. The van der Waals surface area contributed by atoms with E-state index < -0.39 is 23.7 Å². The SMILES string of the molecule is COC(=O)[C@H]1C(=O)NC(S)=C(C#N)[C@H]1c1ccccc1Cl. The average Bonchev–Trinajstić information content (AvgIpc) is 2.46. The van der Waals surface area contributed by atoms with E-state index in [-0.39, 0.29) is 10.6 Å². The van der Waals surface area contributed by atoms with Crippen molar-refractivity contribution in [1.82, 2.24) is 5.32 Å². The van der Waals surface area contributed by atoms with E-state index in [1.54, 1.807) is 24.3 Å². The van der Waals surface area contributed by atoms with Gasteiger partial charge >= 0.3 is 5.97 Å². The molecular weight excluding hydrogens is 312 g/mol. The number of amides is 1. The summed E-state index contributed by atoms with van der Waals surface area (Å²) in [5.74, 6) is -3.31. The summed E-state index contributed by atoms with van der Waals surface area (Å²) >= 11 is 10.3. The Balaban J connectivity index is 2.66. The molecule has 0 aliphatic carbocycles. The van der Waals surface area contributed by atoms with E-state index in [0.29, 0.717) is 10.6 Å². The van der Waals surface area contributed by atoms with Crippen LogP contribution in [0.5, 0.6) is 0 Å². The van der Waals surface area contributed by atoms with Crippen LogP contribution < -0.4 is 5.32 Å². The standard InChI is InChI=1S/C14H11ClN2O3S/c1-20-14(19)11-10(7-4-2-3-5-9(7)15)8(6-16)13(21)17-12(11)18/h2-5,10-11,21H,1H3,(H,17,18)/t10-,11-/m1/s1. The number of carbonyl (C=O) groups excluding carboxylic acids is 2. The number of nitrogens with zero attached hydrogens (tertiary/aromatic N) is 1. The summed E-state index contributed by atoms with van der Waals surface area (Å²) in [6, 6.07) is 8.72. The molecule has 1 heterocycles. The van der Waals surface area contributed by atoms with Crippen LogP contribution in [-0.4, -0.2) is 19.0 Å². The zero-order valence-corrected chi connectivity index (χ0v) is 12.6. The van der Waals surface area contributed by atoms with Crippen molar-refractivity contribution in [1.29, 1.82) is 5.26 Å². The van der Waals surface area contributed by atoms with Gasteiger partial charge in [0.25, 0.3) is 0 Å². The molecule has 1 aromatic carbocycles. The molecule has 0 radical (unpaired) electrons. The van der Waals surface area contributed by atoms with E-state index in [4.69, 9.17) is 11.6 Å². The van der Waals surface area contributed by atoms with Gasteiger partial charge in [0.15, 0.2) is 0 Å². The van der Waals surface area contributed by atoms with Gasteiger partial charge in [-0.05, 0) is 11.6 Å². The maximum atomic E-state index is 12.1. The van der Waals surface area contributed by atoms with E-state index in [1.807, 2.05) is 6.07 Å². The molecule has 1 N–H and O–H groups in total. The highest BCUT2D eigenvalue weighted by Crippen LogP contribution is 2.40. The summed E-state index contributed by atoms with van der Waals surface area (Å²) in [5.41, 5.74) is 0.675. The monoisotopic (exact) mass is 322 g/mol. The Labute approximate surface area is 131 Å². The van der Waals surface area contributed by atoms with Crippen molar-refractivity contribution >= 4 is 36.1 Å². The summed E-state index contributed by atoms with van der Waals surface area (Å²) in [5, 5.41) is 12.2. The van der Waals surface area contributed by atoms with Gasteiger partial charge in [-0.15, -0.1) is 12.6 Å². The molecule has 1 aliphatic heterocycles. The summed E-state index contributed by atoms with van der Waals surface area (Å²) < 4.78 is 4.68. The van der Waals surface area contributed by atoms with Crippen LogP contribution in [0.15, 0.2) is 34.9 Å². The number of rotatable bonds is 2. The Bertz CT molecular complexity index is 681. The highest BCUT2D eigenvalue weighted by atomic mass is 35.5. The third-order valence-corrected chi connectivity index (χ3v) is 3.94. The first-order valence-electron chi connectivity index (χ1n) is 5.97. The first kappa shape index (κ1) is 15.4. The van der Waals surface area contributed by atoms with Crippen molar-refractivity contribution in [2.45, 2.75) is 5.92 Å². The van der Waals surface area contributed by atoms with Crippen LogP contribution in [-0.2, 0) is 14.3 Å². The molecule has 0 saturated carbocycles. The number of allylic oxidation sites excluding steroid dienone is 1. The summed E-state index contributed by atoms with van der Waals surface area (Å²) in [6.45, 7) is 0. The number of hydrogen-bond donors (Lipinski definition) is 2. The Hall–Kier alpha value is -1.97. The van der Waals surface area contributed by atoms with Crippen molar-refractivity contribution < 1.29 is 14.3 Å². The lowest BCUT2D eigenvalue weighted by molar-refractivity contribution is -0.150. The van der Waals surface area contributed by atoms with Crippen molar-refractivity contribution in [3.8, 4) is 6.07 Å². The molecule has 0 spiro atoms. The van der Waals surface area contributed by atoms with Gasteiger partial charge in [-0.3, -0.25) is 9.59 Å². The Kier molecular flexibility index (Phi) is 4.56. The summed E-state index contributed by atoms with van der Waals surface area (Å²) in [7, 11) is 1.19. The first-order valence-corrected chi connectivity index (χ1v) is 6.80. The molecule has 0 fully saturated rings. The predicted octanol–water partition coefficient (Wildman–Crippen LogP) is 2.01. The summed E-state index contributed by atoms with van der Waals surface area (Å²) in [6.07, 6.45) is 0. The summed E-state index contributed by atoms with van der Waals surface area (Å²) in [4.78, 5) is 24.1. The third kappa shape index (κ3) is 2.75. The number of carbonyl (C=O) groups is 2. The highest BCUT2D eigenvalue weighted by Gasteiger charge is 2.44. The number of nitriles is 1. The minimum atomic E-state index is -1.18. The minimum Gasteiger partial charge on any atom is -0.468 e. The van der Waals surface area contributed by atoms with Crippen LogP contribution in [0, 0.1) is 17.2 Å². The fourth-order valence-corrected chi connectivity index (χ4v) is 2.83. The third-order valence-electron chi connectivity index (χ3n) is 3.24. The van der Waals surface area contributed by atoms with E-state index in [9.17, 15) is 14.9 Å². The smallest absolute Gasteiger partial charge is 0.319 e. The van der Waals surface area contributed by atoms with Crippen LogP contribution in [0.25, 0.3) is 0 Å². The van der Waals surface area contributed by atoms with Crippen molar-refractivity contribution in [2.75, 3.05) is 7.11 Å². The molecule has 2 atom stereocenters. The molecule has 0 saturated heterocycles. The molecular formula is C14H11ClN2O3S. The molecule has 0 unspecified atom stereocenters. The second-order valence-corrected chi connectivity index (χ2v) is 5.22. The minimum absolute atomic E-state index is 0.118. The van der Waals surface area contributed by atoms with Gasteiger partial charge in [0.1, 0.15) is 5.92 Å². The number of thiol groups is 1. The van der Waals surface area contributed by atoms with Gasteiger partial charge in [0.05, 0.1) is 23.8 Å². The molecule has 7 heteroatoms. The molecule has 1 aliphatic rings. The average molecular weight is 323 g/mol. The number of methoxy groups -OCH3 is 1. The number of hydrogen-bond acceptors (Lipinski definition) is 5. The maximum Gasteiger partial charge on any atom is 0.319 e. The Morgan fingerprint density at radius 1 is 1.48 bits per heavy atom. The molecule has 1 amide bonds. The molecule has 5 nitrogen and oxygen atoms in total. The number of ether oxygens (including phenoxy) is 1. The van der Waals surface area contributed by atoms with E-state index in [0.717, 1.165) is 0 Å². The first-order chi connectivity index (χ1) is 10.0. The lowest BCUT2D eigenvalue weighted by atomic mass is 9.78. The van der Waals surface area contributed by atoms with Crippen LogP contribution in [0.2, 0.25) is 5.02 Å². The van der Waals surface area contributed by atoms with Gasteiger partial charge in [-0.1, -0.05) is 29.8 Å². The van der Waals surface area contributed by atoms with Crippen molar-refractivity contribution in [2.24, 2.45) is 5.92 Å². The predicted molar refractivity (Wildman–Crippen MR) is 79.5 cm³/mol. The lowest BCUT2D eigenvalue weighted by Crippen LogP contribution is -2.43. The number of benzene rings is 1. The van der Waals surface area contributed by atoms with Gasteiger partial charge in [-0.25, -0.2) is 0 Å². The zero-order valence-electron chi connectivity index (χ0n) is 11.0. The number of halogens is 1. The molecule has 0 aromatic heterocycles. The molecule has 108 valence electrons. The zero-order chi connectivity index (χ0) is 15.6. The molecule has 21 heavy (non-hydrogen) atoms. The van der Waals surface area contributed by atoms with E-state index in [1.165, 1.54) is 7.11 Å². The molecule has 1 aromatic rings. The topological polar surface area (TPSA) is 79.2 Å². The number of nitrogens with one attached hydrogen (secondary N) is 1. The fraction of sp³-hybridized carbons (Fsp3) is 0.214. The Morgan fingerprint density at radius 2 is 2.14 bits per heavy atom. The van der Waals surface area contributed by atoms with Crippen LogP contribution >= 0.6 is 24.2 Å². The van der Waals surface area contributed by atoms with Gasteiger partial charge < -0.3 is 10.1 Å². The number of esters is 1. The van der Waals surface area contributed by atoms with Crippen molar-refractivity contribution in [3.63, 3.8) is 0 Å². The van der Waals surface area contributed by atoms with Crippen LogP contribution in [0.4, 0.5) is 0 Å². The quantitative estimate of drug-likeness (QED) is 0.496. The van der Waals surface area contributed by atoms with Gasteiger partial charge in [0, 0.05) is 10.9 Å². The highest BCUT2D eigenvalue weighted by molar-refractivity contribution is 7.84. The largest absolute Gasteiger partial charge is 0.468 e. The van der Waals surface area contributed by atoms with Gasteiger partial charge in [0.2, 0.25) is 5.91 Å². The molecule has 2 rings (SSSR count). The Morgan fingerprint density at radius 3 is 2.71 bits per heavy atom. The van der Waals surface area contributed by atoms with E-state index >= 15 is 0 Å². The van der Waals surface area contributed by atoms with Crippen LogP contribution in [0.3, 0.4) is 0 Å². The maximum absolute atomic E-state index is 12.1. The van der Waals surface area contributed by atoms with Crippen molar-refractivity contribution in [3.05, 3.63) is 45.5 Å². The second-order valence-electron chi connectivity index (χ2n) is 4.36. The van der Waals surface area contributed by atoms with Gasteiger partial charge in [-0.2, -0.15) is 5.26 Å². The fourth-order valence-electron chi connectivity index (χ4n) is 2.28.